The van der Waals surface area contributed by atoms with E-state index in [1.807, 2.05) is 20.8 Å². The van der Waals surface area contributed by atoms with Crippen molar-refractivity contribution >= 4 is 16.1 Å². The van der Waals surface area contributed by atoms with Crippen LogP contribution in [-0.2, 0) is 26.1 Å². The van der Waals surface area contributed by atoms with Crippen LogP contribution in [0.2, 0.25) is 0 Å². The summed E-state index contributed by atoms with van der Waals surface area (Å²) in [7, 11) is -2.70. The molecule has 2 aromatic rings. The van der Waals surface area contributed by atoms with Crippen LogP contribution < -0.4 is 4.72 Å². The fourth-order valence-electron chi connectivity index (χ4n) is 3.12. The quantitative estimate of drug-likeness (QED) is 0.683. The number of sulfonamides is 1. The second-order valence-electron chi connectivity index (χ2n) is 8.34. The van der Waals surface area contributed by atoms with Gasteiger partial charge in [0.2, 0.25) is 15.8 Å². The molecule has 1 fully saturated rings. The molecule has 0 radical (unpaired) electrons. The molecule has 0 spiro atoms. The number of nitrogens with zero attached hydrogens (tertiary/aromatic N) is 3. The molecule has 1 amide bonds. The number of aromatic nitrogens is 2. The van der Waals surface area contributed by atoms with Crippen molar-refractivity contribution in [1.29, 1.82) is 0 Å². The fourth-order valence-corrected chi connectivity index (χ4v) is 3.90. The number of ether oxygens (including phenoxy) is 2. The molecule has 1 aliphatic heterocycles. The van der Waals surface area contributed by atoms with Gasteiger partial charge in [0.15, 0.2) is 0 Å². The maximum atomic E-state index is 14.2. The van der Waals surface area contributed by atoms with E-state index in [4.69, 9.17) is 14.0 Å². The normalized spacial score (nSPS) is 15.7. The topological polar surface area (TPSA) is 124 Å². The van der Waals surface area contributed by atoms with Gasteiger partial charge < -0.3 is 18.9 Å². The SMILES string of the molecule is CNS(=O)(=O)c1ccc(-c2noc(COC3CCN(C(=O)OC(C)(C)C)CC3)n2)cc1F. The summed E-state index contributed by atoms with van der Waals surface area (Å²) in [5, 5.41) is 3.81. The van der Waals surface area contributed by atoms with Gasteiger partial charge in [0, 0.05) is 18.7 Å². The number of hydrogen-bond donors (Lipinski definition) is 1. The lowest BCUT2D eigenvalue weighted by Gasteiger charge is -2.33. The van der Waals surface area contributed by atoms with Crippen LogP contribution in [-0.4, -0.2) is 61.4 Å². The predicted octanol–water partition coefficient (Wildman–Crippen LogP) is 2.70. The number of piperidine rings is 1. The molecule has 12 heteroatoms. The average molecular weight is 471 g/mol. The number of carbonyl (C=O) groups excluding carboxylic acids is 1. The third-order valence-corrected chi connectivity index (χ3v) is 6.20. The molecule has 3 rings (SSSR count). The van der Waals surface area contributed by atoms with Crippen LogP contribution in [0.25, 0.3) is 11.4 Å². The Kier molecular flexibility index (Phi) is 7.16. The summed E-state index contributed by atoms with van der Waals surface area (Å²) in [5.41, 5.74) is -0.261. The van der Waals surface area contributed by atoms with Crippen molar-refractivity contribution in [3.05, 3.63) is 29.9 Å². The van der Waals surface area contributed by atoms with Crippen molar-refractivity contribution in [3.8, 4) is 11.4 Å². The van der Waals surface area contributed by atoms with Gasteiger partial charge in [-0.25, -0.2) is 22.3 Å². The van der Waals surface area contributed by atoms with E-state index in [-0.39, 0.29) is 36.1 Å². The summed E-state index contributed by atoms with van der Waals surface area (Å²) in [6.07, 6.45) is 0.880. The molecular formula is C20H27FN4O6S. The zero-order valence-electron chi connectivity index (χ0n) is 18.4. The lowest BCUT2D eigenvalue weighted by Crippen LogP contribution is -2.43. The molecular weight excluding hydrogens is 443 g/mol. The van der Waals surface area contributed by atoms with Crippen LogP contribution in [0.3, 0.4) is 0 Å². The first-order valence-electron chi connectivity index (χ1n) is 10.1. The molecule has 32 heavy (non-hydrogen) atoms. The first-order valence-corrected chi connectivity index (χ1v) is 11.6. The molecule has 10 nitrogen and oxygen atoms in total. The fraction of sp³-hybridized carbons (Fsp3) is 0.550. The van der Waals surface area contributed by atoms with Gasteiger partial charge in [-0.2, -0.15) is 4.98 Å². The Morgan fingerprint density at radius 1 is 1.31 bits per heavy atom. The van der Waals surface area contributed by atoms with Crippen molar-refractivity contribution in [1.82, 2.24) is 19.8 Å². The van der Waals surface area contributed by atoms with E-state index >= 15 is 0 Å². The Hall–Kier alpha value is -2.57. The molecule has 0 aliphatic carbocycles. The molecule has 1 saturated heterocycles. The van der Waals surface area contributed by atoms with E-state index in [1.165, 1.54) is 13.1 Å². The van der Waals surface area contributed by atoms with Crippen LogP contribution in [0.4, 0.5) is 9.18 Å². The van der Waals surface area contributed by atoms with Gasteiger partial charge in [-0.15, -0.1) is 0 Å². The molecule has 2 heterocycles. The van der Waals surface area contributed by atoms with Crippen LogP contribution in [0.1, 0.15) is 39.5 Å². The Morgan fingerprint density at radius 2 is 2.00 bits per heavy atom. The molecule has 0 unspecified atom stereocenters. The number of hydrogen-bond acceptors (Lipinski definition) is 8. The van der Waals surface area contributed by atoms with Crippen LogP contribution >= 0.6 is 0 Å². The third kappa shape index (κ3) is 6.02. The zero-order valence-corrected chi connectivity index (χ0v) is 19.2. The summed E-state index contributed by atoms with van der Waals surface area (Å²) >= 11 is 0. The van der Waals surface area contributed by atoms with E-state index in [2.05, 4.69) is 14.9 Å². The minimum absolute atomic E-state index is 0.0683. The lowest BCUT2D eigenvalue weighted by molar-refractivity contribution is -0.0231. The van der Waals surface area contributed by atoms with Gasteiger partial charge >= 0.3 is 6.09 Å². The second-order valence-corrected chi connectivity index (χ2v) is 10.2. The van der Waals surface area contributed by atoms with Gasteiger partial charge in [-0.05, 0) is 58.9 Å². The van der Waals surface area contributed by atoms with Gasteiger partial charge in [0.25, 0.3) is 5.89 Å². The second kappa shape index (κ2) is 9.51. The van der Waals surface area contributed by atoms with Crippen molar-refractivity contribution in [3.63, 3.8) is 0 Å². The Labute approximate surface area is 186 Å². The summed E-state index contributed by atoms with van der Waals surface area (Å²) in [5.74, 6) is -0.589. The van der Waals surface area contributed by atoms with Crippen molar-refractivity contribution in [2.75, 3.05) is 20.1 Å². The highest BCUT2D eigenvalue weighted by atomic mass is 32.2. The summed E-state index contributed by atoms with van der Waals surface area (Å²) in [4.78, 5) is 17.5. The van der Waals surface area contributed by atoms with E-state index in [1.54, 1.807) is 4.90 Å². The first-order chi connectivity index (χ1) is 15.0. The monoisotopic (exact) mass is 470 g/mol. The first kappa shape index (κ1) is 24.1. The minimum Gasteiger partial charge on any atom is -0.444 e. The molecule has 1 aliphatic rings. The molecule has 1 aromatic carbocycles. The largest absolute Gasteiger partial charge is 0.444 e. The number of halogens is 1. The Balaban J connectivity index is 1.53. The molecule has 0 atom stereocenters. The van der Waals surface area contributed by atoms with Crippen LogP contribution in [0.15, 0.2) is 27.6 Å². The number of nitrogens with one attached hydrogen (secondary N) is 1. The summed E-state index contributed by atoms with van der Waals surface area (Å²) in [6.45, 7) is 6.59. The van der Waals surface area contributed by atoms with Gasteiger partial charge in [-0.3, -0.25) is 0 Å². The molecule has 0 saturated carbocycles. The zero-order chi connectivity index (χ0) is 23.5. The summed E-state index contributed by atoms with van der Waals surface area (Å²) < 4.78 is 56.2. The third-order valence-electron chi connectivity index (χ3n) is 4.75. The van der Waals surface area contributed by atoms with E-state index in [0.717, 1.165) is 12.1 Å². The average Bonchev–Trinajstić information content (AvgIpc) is 3.20. The number of likely N-dealkylation sites (tertiary alicyclic amines) is 1. The predicted molar refractivity (Wildman–Crippen MR) is 112 cm³/mol. The highest BCUT2D eigenvalue weighted by Crippen LogP contribution is 2.23. The van der Waals surface area contributed by atoms with Gasteiger partial charge in [0.05, 0.1) is 6.10 Å². The van der Waals surface area contributed by atoms with E-state index in [0.29, 0.717) is 25.9 Å². The maximum absolute atomic E-state index is 14.2. The van der Waals surface area contributed by atoms with Crippen molar-refractivity contribution < 1.29 is 31.6 Å². The molecule has 176 valence electrons. The van der Waals surface area contributed by atoms with Gasteiger partial charge in [0.1, 0.15) is 22.9 Å². The molecule has 1 aromatic heterocycles. The number of amides is 1. The highest BCUT2D eigenvalue weighted by molar-refractivity contribution is 7.89. The maximum Gasteiger partial charge on any atom is 0.410 e. The van der Waals surface area contributed by atoms with Crippen molar-refractivity contribution in [2.45, 2.75) is 56.8 Å². The number of rotatable bonds is 6. The van der Waals surface area contributed by atoms with Crippen molar-refractivity contribution in [2.24, 2.45) is 0 Å². The minimum atomic E-state index is -3.90. The summed E-state index contributed by atoms with van der Waals surface area (Å²) in [6, 6.07) is 3.57. The van der Waals surface area contributed by atoms with Crippen LogP contribution in [0.5, 0.6) is 0 Å². The highest BCUT2D eigenvalue weighted by Gasteiger charge is 2.27. The van der Waals surface area contributed by atoms with Gasteiger partial charge in [-0.1, -0.05) is 5.16 Å². The standard InChI is InChI=1S/C20H27FN4O6S/c1-20(2,3)30-19(26)25-9-7-14(8-10-25)29-12-17-23-18(24-31-17)13-5-6-16(15(21)11-13)32(27,28)22-4/h5-6,11,14,22H,7-10,12H2,1-4H3. The molecule has 1 N–H and O–H groups in total. The van der Waals surface area contributed by atoms with Crippen LogP contribution in [0, 0.1) is 5.82 Å². The lowest BCUT2D eigenvalue weighted by atomic mass is 10.1. The smallest absolute Gasteiger partial charge is 0.410 e. The Morgan fingerprint density at radius 3 is 2.59 bits per heavy atom. The number of carbonyl (C=O) groups is 1. The van der Waals surface area contributed by atoms with E-state index < -0.39 is 26.3 Å². The van der Waals surface area contributed by atoms with E-state index in [9.17, 15) is 17.6 Å². The molecule has 0 bridgehead atoms. The number of benzene rings is 1. The Bertz CT molecular complexity index is 1060.